The summed E-state index contributed by atoms with van der Waals surface area (Å²) in [5, 5.41) is 0. The Morgan fingerprint density at radius 2 is 1.76 bits per heavy atom. The minimum absolute atomic E-state index is 0.244. The summed E-state index contributed by atoms with van der Waals surface area (Å²) in [7, 11) is -2.38. The Morgan fingerprint density at radius 3 is 2.24 bits per heavy atom. The van der Waals surface area contributed by atoms with E-state index in [2.05, 4.69) is 0 Å². The van der Waals surface area contributed by atoms with E-state index in [0.29, 0.717) is 5.56 Å². The molecule has 1 aromatic rings. The highest BCUT2D eigenvalue weighted by molar-refractivity contribution is 7.34. The Labute approximate surface area is 102 Å². The minimum Gasteiger partial charge on any atom is -0.241 e. The molecule has 92 valence electrons. The molecular weight excluding hydrogens is 239 g/mol. The smallest absolute Gasteiger partial charge is 0.241 e. The third-order valence-corrected chi connectivity index (χ3v) is 3.06. The van der Waals surface area contributed by atoms with Crippen LogP contribution in [0.1, 0.15) is 34.0 Å². The van der Waals surface area contributed by atoms with Crippen LogP contribution >= 0.6 is 8.25 Å². The third-order valence-electron chi connectivity index (χ3n) is 2.27. The molecule has 4 nitrogen and oxygen atoms in total. The molecule has 0 radical (unpaired) electrons. The molecule has 0 aliphatic carbocycles. The molecule has 0 heterocycles. The van der Waals surface area contributed by atoms with Crippen LogP contribution in [0.25, 0.3) is 0 Å². The van der Waals surface area contributed by atoms with Crippen molar-refractivity contribution in [2.75, 3.05) is 6.61 Å². The van der Waals surface area contributed by atoms with Gasteiger partial charge in [0.25, 0.3) is 0 Å². The quantitative estimate of drug-likeness (QED) is 0.773. The van der Waals surface area contributed by atoms with Crippen LogP contribution in [-0.4, -0.2) is 12.6 Å². The van der Waals surface area contributed by atoms with Gasteiger partial charge in [-0.25, -0.2) is 4.79 Å². The van der Waals surface area contributed by atoms with E-state index in [9.17, 15) is 9.36 Å². The van der Waals surface area contributed by atoms with Gasteiger partial charge in [-0.3, -0.25) is 0 Å². The van der Waals surface area contributed by atoms with Gasteiger partial charge in [0.15, 0.2) is 0 Å². The monoisotopic (exact) mass is 255 g/mol. The lowest BCUT2D eigenvalue weighted by atomic mass is 10.0. The number of rotatable bonds is 4. The van der Waals surface area contributed by atoms with Crippen LogP contribution in [0, 0.1) is 20.8 Å². The van der Waals surface area contributed by atoms with E-state index in [1.165, 1.54) is 0 Å². The van der Waals surface area contributed by atoms with Crippen molar-refractivity contribution in [3.05, 3.63) is 34.4 Å². The van der Waals surface area contributed by atoms with E-state index in [1.807, 2.05) is 32.9 Å². The molecule has 0 spiro atoms. The molecule has 0 saturated carbocycles. The summed E-state index contributed by atoms with van der Waals surface area (Å²) in [6.45, 7) is 7.53. The van der Waals surface area contributed by atoms with Crippen LogP contribution in [0.15, 0.2) is 12.1 Å². The van der Waals surface area contributed by atoms with Gasteiger partial charge in [-0.1, -0.05) is 17.7 Å². The molecule has 0 N–H and O–H groups in total. The standard InChI is InChI=1S/C12H16O4P/c1-5-15-17(14)16-12(13)11-9(3)6-8(2)7-10(11)4/h6-7H,5H2,1-4H3/q+1. The zero-order chi connectivity index (χ0) is 13.0. The van der Waals surface area contributed by atoms with E-state index in [0.717, 1.165) is 16.7 Å². The largest absolute Gasteiger partial charge is 0.753 e. The maximum absolute atomic E-state index is 11.8. The first kappa shape index (κ1) is 13.8. The lowest BCUT2D eigenvalue weighted by Gasteiger charge is -2.06. The predicted molar refractivity (Wildman–Crippen MR) is 65.3 cm³/mol. The van der Waals surface area contributed by atoms with Crippen LogP contribution in [0.3, 0.4) is 0 Å². The van der Waals surface area contributed by atoms with Crippen molar-refractivity contribution in [2.24, 2.45) is 0 Å². The zero-order valence-corrected chi connectivity index (χ0v) is 11.3. The first-order chi connectivity index (χ1) is 7.95. The molecule has 17 heavy (non-hydrogen) atoms. The maximum Gasteiger partial charge on any atom is 0.753 e. The van der Waals surface area contributed by atoms with Gasteiger partial charge < -0.3 is 0 Å². The summed E-state index contributed by atoms with van der Waals surface area (Å²) in [6.07, 6.45) is 0. The molecule has 0 fully saturated rings. The molecular formula is C12H16O4P+. The van der Waals surface area contributed by atoms with Crippen molar-refractivity contribution in [1.29, 1.82) is 0 Å². The first-order valence-corrected chi connectivity index (χ1v) is 6.45. The van der Waals surface area contributed by atoms with Crippen LogP contribution in [0.2, 0.25) is 0 Å². The Kier molecular flexibility index (Phi) is 4.79. The van der Waals surface area contributed by atoms with Gasteiger partial charge in [-0.2, -0.15) is 4.52 Å². The molecule has 0 amide bonds. The molecule has 1 atom stereocenters. The van der Waals surface area contributed by atoms with Crippen LogP contribution in [0.4, 0.5) is 0 Å². The fourth-order valence-corrected chi connectivity index (χ4v) is 2.24. The average molecular weight is 255 g/mol. The summed E-state index contributed by atoms with van der Waals surface area (Å²) >= 11 is 0. The summed E-state index contributed by atoms with van der Waals surface area (Å²) < 4.78 is 20.6. The minimum atomic E-state index is -2.38. The second-order valence-electron chi connectivity index (χ2n) is 3.79. The number of hydrogen-bond donors (Lipinski definition) is 0. The first-order valence-electron chi connectivity index (χ1n) is 5.36. The number of aryl methyl sites for hydroxylation is 3. The summed E-state index contributed by atoms with van der Waals surface area (Å²) in [5.41, 5.74) is 3.16. The van der Waals surface area contributed by atoms with E-state index in [-0.39, 0.29) is 6.61 Å². The lowest BCUT2D eigenvalue weighted by Crippen LogP contribution is -2.06. The molecule has 0 bridgehead atoms. The topological polar surface area (TPSA) is 52.6 Å². The fourth-order valence-electron chi connectivity index (χ4n) is 1.75. The Balaban J connectivity index is 2.93. The van der Waals surface area contributed by atoms with Gasteiger partial charge >= 0.3 is 14.2 Å². The van der Waals surface area contributed by atoms with E-state index in [1.54, 1.807) is 6.92 Å². The Bertz CT molecular complexity index is 431. The summed E-state index contributed by atoms with van der Waals surface area (Å²) in [5.74, 6) is -0.602. The highest BCUT2D eigenvalue weighted by Gasteiger charge is 2.28. The van der Waals surface area contributed by atoms with Crippen LogP contribution in [-0.2, 0) is 13.6 Å². The molecule has 1 aromatic carbocycles. The second-order valence-corrected chi connectivity index (χ2v) is 4.68. The van der Waals surface area contributed by atoms with Crippen LogP contribution in [0.5, 0.6) is 0 Å². The van der Waals surface area contributed by atoms with E-state index >= 15 is 0 Å². The number of benzene rings is 1. The molecule has 5 heteroatoms. The van der Waals surface area contributed by atoms with Crippen molar-refractivity contribution in [3.8, 4) is 0 Å². The average Bonchev–Trinajstić information content (AvgIpc) is 2.15. The van der Waals surface area contributed by atoms with Gasteiger partial charge in [-0.15, -0.1) is 4.52 Å². The number of carbonyl (C=O) groups excluding carboxylic acids is 1. The van der Waals surface area contributed by atoms with Crippen LogP contribution < -0.4 is 0 Å². The SMILES string of the molecule is CCO[P+](=O)OC(=O)c1c(C)cc(C)cc1C. The van der Waals surface area contributed by atoms with Crippen molar-refractivity contribution < 1.29 is 18.4 Å². The zero-order valence-electron chi connectivity index (χ0n) is 10.4. The second kappa shape index (κ2) is 5.89. The summed E-state index contributed by atoms with van der Waals surface area (Å²) in [6, 6.07) is 3.77. The maximum atomic E-state index is 11.8. The van der Waals surface area contributed by atoms with Gasteiger partial charge in [-0.05, 0) is 38.8 Å². The summed E-state index contributed by atoms with van der Waals surface area (Å²) in [4.78, 5) is 11.8. The molecule has 0 aliphatic rings. The molecule has 0 aromatic heterocycles. The predicted octanol–water partition coefficient (Wildman–Crippen LogP) is 3.46. The highest BCUT2D eigenvalue weighted by atomic mass is 31.1. The molecule has 1 unspecified atom stereocenters. The van der Waals surface area contributed by atoms with Gasteiger partial charge in [0.1, 0.15) is 6.61 Å². The fraction of sp³-hybridized carbons (Fsp3) is 0.417. The van der Waals surface area contributed by atoms with Crippen molar-refractivity contribution in [1.82, 2.24) is 0 Å². The number of carbonyl (C=O) groups is 1. The molecule has 1 rings (SSSR count). The van der Waals surface area contributed by atoms with E-state index in [4.69, 9.17) is 9.05 Å². The normalized spacial score (nSPS) is 11.2. The lowest BCUT2D eigenvalue weighted by molar-refractivity contribution is 0.0716. The highest BCUT2D eigenvalue weighted by Crippen LogP contribution is 2.27. The van der Waals surface area contributed by atoms with Crippen molar-refractivity contribution >= 4 is 14.2 Å². The Morgan fingerprint density at radius 1 is 1.24 bits per heavy atom. The number of hydrogen-bond acceptors (Lipinski definition) is 4. The molecule has 0 saturated heterocycles. The van der Waals surface area contributed by atoms with Crippen molar-refractivity contribution in [3.63, 3.8) is 0 Å². The van der Waals surface area contributed by atoms with Gasteiger partial charge in [0.05, 0.1) is 5.56 Å². The van der Waals surface area contributed by atoms with E-state index < -0.39 is 14.2 Å². The molecule has 0 aliphatic heterocycles. The Hall–Kier alpha value is -1.25. The van der Waals surface area contributed by atoms with Gasteiger partial charge in [0.2, 0.25) is 0 Å². The van der Waals surface area contributed by atoms with Gasteiger partial charge in [0, 0.05) is 4.57 Å². The third kappa shape index (κ3) is 3.62. The van der Waals surface area contributed by atoms with Crippen molar-refractivity contribution in [2.45, 2.75) is 27.7 Å².